The maximum atomic E-state index is 13.0. The van der Waals surface area contributed by atoms with Crippen LogP contribution >= 0.6 is 11.6 Å². The van der Waals surface area contributed by atoms with E-state index in [4.69, 9.17) is 16.9 Å². The highest BCUT2D eigenvalue weighted by Crippen LogP contribution is 2.35. The van der Waals surface area contributed by atoms with E-state index in [1.807, 2.05) is 0 Å². The van der Waals surface area contributed by atoms with E-state index in [2.05, 4.69) is 0 Å². The first-order valence-corrected chi connectivity index (χ1v) is 5.77. The fraction of sp³-hybridized carbons (Fsp3) is 0.0714. The highest BCUT2D eigenvalue weighted by atomic mass is 35.5. The number of benzene rings is 2. The molecule has 6 heteroatoms. The SMILES string of the molecule is N#Cc1ccc(-c2ccc(F)c(Cl)c2)cc1C(F)(F)F. The zero-order valence-electron chi connectivity index (χ0n) is 9.80. The molecule has 20 heavy (non-hydrogen) atoms. The third-order valence-electron chi connectivity index (χ3n) is 2.70. The van der Waals surface area contributed by atoms with Gasteiger partial charge in [0.05, 0.1) is 22.2 Å². The van der Waals surface area contributed by atoms with Crippen molar-refractivity contribution in [2.45, 2.75) is 6.18 Å². The molecule has 1 nitrogen and oxygen atoms in total. The minimum absolute atomic E-state index is 0.180. The van der Waals surface area contributed by atoms with Crippen molar-refractivity contribution in [1.29, 1.82) is 5.26 Å². The van der Waals surface area contributed by atoms with Crippen LogP contribution in [-0.2, 0) is 6.18 Å². The largest absolute Gasteiger partial charge is 0.417 e. The maximum Gasteiger partial charge on any atom is 0.417 e. The molecule has 2 aromatic carbocycles. The summed E-state index contributed by atoms with van der Waals surface area (Å²) in [5.74, 6) is -0.653. The third kappa shape index (κ3) is 2.75. The normalized spacial score (nSPS) is 11.2. The van der Waals surface area contributed by atoms with Gasteiger partial charge in [-0.3, -0.25) is 0 Å². The van der Waals surface area contributed by atoms with Crippen LogP contribution < -0.4 is 0 Å². The highest BCUT2D eigenvalue weighted by Gasteiger charge is 2.33. The van der Waals surface area contributed by atoms with E-state index in [0.717, 1.165) is 18.2 Å². The van der Waals surface area contributed by atoms with Crippen molar-refractivity contribution in [1.82, 2.24) is 0 Å². The Labute approximate surface area is 117 Å². The average Bonchev–Trinajstić information content (AvgIpc) is 2.40. The number of halogens is 5. The quantitative estimate of drug-likeness (QED) is 0.677. The Bertz CT molecular complexity index is 701. The van der Waals surface area contributed by atoms with Gasteiger partial charge in [-0.15, -0.1) is 0 Å². The lowest BCUT2D eigenvalue weighted by Gasteiger charge is -2.11. The molecule has 0 N–H and O–H groups in total. The number of hydrogen-bond acceptors (Lipinski definition) is 1. The Morgan fingerprint density at radius 3 is 2.15 bits per heavy atom. The van der Waals surface area contributed by atoms with Crippen molar-refractivity contribution in [2.75, 3.05) is 0 Å². The number of rotatable bonds is 1. The molecule has 0 unspecified atom stereocenters. The van der Waals surface area contributed by atoms with E-state index in [9.17, 15) is 17.6 Å². The number of alkyl halides is 3. The summed E-state index contributed by atoms with van der Waals surface area (Å²) in [5, 5.41) is 8.52. The lowest BCUT2D eigenvalue weighted by atomic mass is 9.99. The molecule has 0 radical (unpaired) electrons. The zero-order chi connectivity index (χ0) is 14.9. The Morgan fingerprint density at radius 2 is 1.60 bits per heavy atom. The van der Waals surface area contributed by atoms with Gasteiger partial charge >= 0.3 is 6.18 Å². The Morgan fingerprint density at radius 1 is 1.00 bits per heavy atom. The summed E-state index contributed by atoms with van der Waals surface area (Å²) < 4.78 is 51.6. The molecule has 0 bridgehead atoms. The maximum absolute atomic E-state index is 13.0. The van der Waals surface area contributed by atoms with E-state index in [0.29, 0.717) is 5.56 Å². The topological polar surface area (TPSA) is 23.8 Å². The summed E-state index contributed by atoms with van der Waals surface area (Å²) in [6, 6.07) is 8.41. The lowest BCUT2D eigenvalue weighted by molar-refractivity contribution is -0.137. The van der Waals surface area contributed by atoms with Crippen LogP contribution in [0.3, 0.4) is 0 Å². The minimum atomic E-state index is -4.63. The average molecular weight is 300 g/mol. The van der Waals surface area contributed by atoms with Gasteiger partial charge < -0.3 is 0 Å². The molecule has 0 fully saturated rings. The first-order chi connectivity index (χ1) is 9.32. The van der Waals surface area contributed by atoms with Gasteiger partial charge in [-0.1, -0.05) is 23.7 Å². The van der Waals surface area contributed by atoms with Crippen LogP contribution in [0.1, 0.15) is 11.1 Å². The van der Waals surface area contributed by atoms with E-state index in [-0.39, 0.29) is 10.6 Å². The van der Waals surface area contributed by atoms with Gasteiger partial charge in [-0.25, -0.2) is 4.39 Å². The van der Waals surface area contributed by atoms with Crippen molar-refractivity contribution < 1.29 is 17.6 Å². The molecule has 2 rings (SSSR count). The van der Waals surface area contributed by atoms with Crippen LogP contribution in [0.5, 0.6) is 0 Å². The lowest BCUT2D eigenvalue weighted by Crippen LogP contribution is -2.07. The molecule has 0 aromatic heterocycles. The van der Waals surface area contributed by atoms with E-state index >= 15 is 0 Å². The summed E-state index contributed by atoms with van der Waals surface area (Å²) in [6.07, 6.45) is -4.63. The van der Waals surface area contributed by atoms with E-state index in [1.54, 1.807) is 0 Å². The molecule has 0 aliphatic rings. The second kappa shape index (κ2) is 5.14. The Kier molecular flexibility index (Phi) is 3.69. The summed E-state index contributed by atoms with van der Waals surface area (Å²) in [5.41, 5.74) is -0.947. The van der Waals surface area contributed by atoms with Crippen LogP contribution in [0.2, 0.25) is 5.02 Å². The molecule has 0 saturated carbocycles. The van der Waals surface area contributed by atoms with Gasteiger partial charge in [0.25, 0.3) is 0 Å². The summed E-state index contributed by atoms with van der Waals surface area (Å²) in [7, 11) is 0. The van der Waals surface area contributed by atoms with Crippen LogP contribution in [0, 0.1) is 17.1 Å². The molecule has 0 amide bonds. The summed E-state index contributed by atoms with van der Waals surface area (Å²) >= 11 is 5.60. The molecule has 0 aliphatic heterocycles. The molecule has 0 spiro atoms. The predicted octanol–water partition coefficient (Wildman–Crippen LogP) is 5.04. The second-order valence-electron chi connectivity index (χ2n) is 4.00. The van der Waals surface area contributed by atoms with Crippen molar-refractivity contribution in [3.8, 4) is 17.2 Å². The molecular formula is C14H6ClF4N. The van der Waals surface area contributed by atoms with Crippen molar-refractivity contribution in [3.63, 3.8) is 0 Å². The van der Waals surface area contributed by atoms with Crippen LogP contribution in [0.15, 0.2) is 36.4 Å². The van der Waals surface area contributed by atoms with Crippen molar-refractivity contribution in [2.24, 2.45) is 0 Å². The van der Waals surface area contributed by atoms with Crippen LogP contribution in [-0.4, -0.2) is 0 Å². The highest BCUT2D eigenvalue weighted by molar-refractivity contribution is 6.31. The molecule has 2 aromatic rings. The molecular weight excluding hydrogens is 294 g/mol. The number of nitrogens with zero attached hydrogens (tertiary/aromatic N) is 1. The van der Waals surface area contributed by atoms with Gasteiger partial charge in [0.2, 0.25) is 0 Å². The third-order valence-corrected chi connectivity index (χ3v) is 2.99. The fourth-order valence-corrected chi connectivity index (χ4v) is 1.91. The zero-order valence-corrected chi connectivity index (χ0v) is 10.6. The van der Waals surface area contributed by atoms with Gasteiger partial charge in [0.15, 0.2) is 0 Å². The molecule has 0 heterocycles. The van der Waals surface area contributed by atoms with Crippen LogP contribution in [0.25, 0.3) is 11.1 Å². The smallest absolute Gasteiger partial charge is 0.205 e. The molecule has 102 valence electrons. The number of hydrogen-bond donors (Lipinski definition) is 0. The monoisotopic (exact) mass is 299 g/mol. The van der Waals surface area contributed by atoms with Crippen molar-refractivity contribution >= 4 is 11.6 Å². The number of nitriles is 1. The van der Waals surface area contributed by atoms with Crippen molar-refractivity contribution in [3.05, 3.63) is 58.4 Å². The summed E-state index contributed by atoms with van der Waals surface area (Å²) in [4.78, 5) is 0. The van der Waals surface area contributed by atoms with Gasteiger partial charge in [-0.05, 0) is 35.4 Å². The summed E-state index contributed by atoms with van der Waals surface area (Å²) in [6.45, 7) is 0. The first-order valence-electron chi connectivity index (χ1n) is 5.39. The van der Waals surface area contributed by atoms with Crippen LogP contribution in [0.4, 0.5) is 17.6 Å². The second-order valence-corrected chi connectivity index (χ2v) is 4.41. The minimum Gasteiger partial charge on any atom is -0.205 e. The Balaban J connectivity index is 2.59. The molecule has 0 atom stereocenters. The molecule has 0 saturated heterocycles. The van der Waals surface area contributed by atoms with Gasteiger partial charge in [0.1, 0.15) is 5.82 Å². The molecule has 0 aliphatic carbocycles. The van der Waals surface area contributed by atoms with Gasteiger partial charge in [-0.2, -0.15) is 18.4 Å². The fourth-order valence-electron chi connectivity index (χ4n) is 1.73. The Hall–Kier alpha value is -2.06. The first kappa shape index (κ1) is 14.4. The predicted molar refractivity (Wildman–Crippen MR) is 66.6 cm³/mol. The standard InChI is InChI=1S/C14H6ClF4N/c15-12-6-9(3-4-13(12)16)8-1-2-10(7-20)11(5-8)14(17,18)19/h1-6H. The van der Waals surface area contributed by atoms with Gasteiger partial charge in [0, 0.05) is 0 Å². The van der Waals surface area contributed by atoms with E-state index in [1.165, 1.54) is 24.3 Å². The van der Waals surface area contributed by atoms with E-state index < -0.39 is 23.1 Å².